The van der Waals surface area contributed by atoms with Crippen molar-refractivity contribution in [1.29, 1.82) is 0 Å². The Bertz CT molecular complexity index is 328. The van der Waals surface area contributed by atoms with Crippen molar-refractivity contribution in [2.24, 2.45) is 35.5 Å². The van der Waals surface area contributed by atoms with Gasteiger partial charge in [-0.2, -0.15) is 0 Å². The highest BCUT2D eigenvalue weighted by Gasteiger charge is 2.48. The standard InChI is InChI=1S/C17H28.C2H4.C2H2/c1-2-6-14-12(4-1)8-10-17-15-7-3-5-13(15)9-11-16(14)17;2*1-2/h12-17H,1-11H2;1-2H2;1-2H/t12?,13?,14-,15?,16?,17?;;/m0../s1. The van der Waals surface area contributed by atoms with Crippen molar-refractivity contribution in [3.63, 3.8) is 0 Å². The van der Waals surface area contributed by atoms with E-state index < -0.39 is 0 Å². The molecule has 0 N–H and O–H groups in total. The molecule has 4 aliphatic rings. The lowest BCUT2D eigenvalue weighted by molar-refractivity contribution is -0.0184. The van der Waals surface area contributed by atoms with Crippen LogP contribution in [0.4, 0.5) is 0 Å². The number of hydrogen-bond donors (Lipinski definition) is 0. The van der Waals surface area contributed by atoms with Crippen LogP contribution in [0.1, 0.15) is 70.6 Å². The Kier molecular flexibility index (Phi) is 6.40. The fourth-order valence-electron chi connectivity index (χ4n) is 6.45. The molecule has 6 atom stereocenters. The summed E-state index contributed by atoms with van der Waals surface area (Å²) < 4.78 is 0. The van der Waals surface area contributed by atoms with Gasteiger partial charge in [-0.15, -0.1) is 26.0 Å². The summed E-state index contributed by atoms with van der Waals surface area (Å²) in [6, 6.07) is 0. The molecule has 0 amide bonds. The van der Waals surface area contributed by atoms with E-state index >= 15 is 0 Å². The lowest BCUT2D eigenvalue weighted by atomic mass is 9.54. The lowest BCUT2D eigenvalue weighted by Gasteiger charge is -2.51. The lowest BCUT2D eigenvalue weighted by Crippen LogP contribution is -2.43. The topological polar surface area (TPSA) is 0 Å². The highest BCUT2D eigenvalue weighted by atomic mass is 14.5. The number of fused-ring (bicyclic) bond motifs is 5. The van der Waals surface area contributed by atoms with Crippen LogP contribution in [-0.2, 0) is 0 Å². The SMILES string of the molecule is C#C.C1CC2CCC3C(CCC4CCCC[C@@H]43)C2C1.C=C. The maximum Gasteiger partial charge on any atom is -0.0352 e. The van der Waals surface area contributed by atoms with Gasteiger partial charge in [-0.1, -0.05) is 32.1 Å². The Morgan fingerprint density at radius 2 is 0.905 bits per heavy atom. The summed E-state index contributed by atoms with van der Waals surface area (Å²) in [4.78, 5) is 0. The van der Waals surface area contributed by atoms with Crippen LogP contribution in [0.5, 0.6) is 0 Å². The third-order valence-electron chi connectivity index (χ3n) is 7.08. The molecular weight excluding hydrogens is 252 g/mol. The molecule has 0 aliphatic heterocycles. The van der Waals surface area contributed by atoms with Gasteiger partial charge in [-0.3, -0.25) is 0 Å². The largest absolute Gasteiger partial charge is 0.124 e. The van der Waals surface area contributed by atoms with Crippen molar-refractivity contribution in [3.8, 4) is 12.8 Å². The van der Waals surface area contributed by atoms with E-state index in [-0.39, 0.29) is 0 Å². The van der Waals surface area contributed by atoms with Gasteiger partial charge in [0.05, 0.1) is 0 Å². The minimum absolute atomic E-state index is 1.16. The van der Waals surface area contributed by atoms with Crippen LogP contribution < -0.4 is 0 Å². The van der Waals surface area contributed by atoms with Gasteiger partial charge < -0.3 is 0 Å². The third-order valence-corrected chi connectivity index (χ3v) is 7.08. The van der Waals surface area contributed by atoms with E-state index in [0.717, 1.165) is 11.8 Å². The Balaban J connectivity index is 0.000000374. The van der Waals surface area contributed by atoms with Crippen molar-refractivity contribution in [3.05, 3.63) is 13.2 Å². The van der Waals surface area contributed by atoms with Crippen LogP contribution in [0, 0.1) is 48.4 Å². The summed E-state index contributed by atoms with van der Waals surface area (Å²) >= 11 is 0. The van der Waals surface area contributed by atoms with E-state index in [2.05, 4.69) is 26.0 Å². The molecule has 5 unspecified atom stereocenters. The average Bonchev–Trinajstić information content (AvgIpc) is 3.07. The first-order valence-electron chi connectivity index (χ1n) is 9.27. The Hall–Kier alpha value is -0.700. The molecule has 0 aromatic heterocycles. The van der Waals surface area contributed by atoms with Crippen LogP contribution in [-0.4, -0.2) is 0 Å². The molecule has 0 heterocycles. The molecule has 0 nitrogen and oxygen atoms in total. The van der Waals surface area contributed by atoms with Gasteiger partial charge in [0, 0.05) is 0 Å². The normalized spacial score (nSPS) is 43.7. The summed E-state index contributed by atoms with van der Waals surface area (Å²) in [6.07, 6.45) is 25.5. The second-order valence-corrected chi connectivity index (χ2v) is 7.55. The second kappa shape index (κ2) is 8.07. The summed E-state index contributed by atoms with van der Waals surface area (Å²) in [5.74, 6) is 7.02. The number of terminal acetylenes is 1. The van der Waals surface area contributed by atoms with Crippen LogP contribution in [0.2, 0.25) is 0 Å². The summed E-state index contributed by atoms with van der Waals surface area (Å²) in [6.45, 7) is 6.00. The molecule has 0 aromatic rings. The minimum atomic E-state index is 1.16. The van der Waals surface area contributed by atoms with Crippen molar-refractivity contribution >= 4 is 0 Å². The van der Waals surface area contributed by atoms with Gasteiger partial charge in [-0.25, -0.2) is 0 Å². The predicted molar refractivity (Wildman–Crippen MR) is 92.9 cm³/mol. The second-order valence-electron chi connectivity index (χ2n) is 7.55. The first-order valence-corrected chi connectivity index (χ1v) is 9.27. The van der Waals surface area contributed by atoms with E-state index in [9.17, 15) is 0 Å². The van der Waals surface area contributed by atoms with Gasteiger partial charge in [0.1, 0.15) is 0 Å². The number of hydrogen-bond acceptors (Lipinski definition) is 0. The van der Waals surface area contributed by atoms with E-state index in [0.29, 0.717) is 0 Å². The third kappa shape index (κ3) is 3.23. The molecule has 0 radical (unpaired) electrons. The van der Waals surface area contributed by atoms with Crippen LogP contribution in [0.3, 0.4) is 0 Å². The summed E-state index contributed by atoms with van der Waals surface area (Å²) in [5.41, 5.74) is 0. The first-order chi connectivity index (χ1) is 10.4. The fourth-order valence-corrected chi connectivity index (χ4v) is 6.45. The van der Waals surface area contributed by atoms with Gasteiger partial charge in [-0.05, 0) is 74.0 Å². The van der Waals surface area contributed by atoms with Crippen LogP contribution in [0.15, 0.2) is 13.2 Å². The van der Waals surface area contributed by atoms with Crippen LogP contribution in [0.25, 0.3) is 0 Å². The predicted octanol–water partition coefficient (Wildman–Crippen LogP) is 6.08. The van der Waals surface area contributed by atoms with Crippen molar-refractivity contribution < 1.29 is 0 Å². The Morgan fingerprint density at radius 3 is 1.48 bits per heavy atom. The molecule has 4 fully saturated rings. The van der Waals surface area contributed by atoms with Gasteiger partial charge >= 0.3 is 0 Å². The van der Waals surface area contributed by atoms with Crippen LogP contribution >= 0.6 is 0 Å². The highest BCUT2D eigenvalue weighted by Crippen LogP contribution is 2.57. The molecular formula is C21H34. The molecule has 4 saturated carbocycles. The molecule has 21 heavy (non-hydrogen) atoms. The average molecular weight is 287 g/mol. The van der Waals surface area contributed by atoms with Gasteiger partial charge in [0.25, 0.3) is 0 Å². The van der Waals surface area contributed by atoms with Crippen molar-refractivity contribution in [2.75, 3.05) is 0 Å². The zero-order valence-electron chi connectivity index (χ0n) is 13.8. The van der Waals surface area contributed by atoms with Crippen molar-refractivity contribution in [1.82, 2.24) is 0 Å². The number of rotatable bonds is 0. The molecule has 0 bridgehead atoms. The van der Waals surface area contributed by atoms with Crippen molar-refractivity contribution in [2.45, 2.75) is 70.6 Å². The van der Waals surface area contributed by atoms with E-state index in [1.54, 1.807) is 70.6 Å². The maximum atomic E-state index is 4.00. The summed E-state index contributed by atoms with van der Waals surface area (Å²) in [7, 11) is 0. The van der Waals surface area contributed by atoms with Gasteiger partial charge in [0.2, 0.25) is 0 Å². The van der Waals surface area contributed by atoms with Gasteiger partial charge in [0.15, 0.2) is 0 Å². The van der Waals surface area contributed by atoms with E-state index in [1.165, 1.54) is 23.7 Å². The minimum Gasteiger partial charge on any atom is -0.124 e. The first kappa shape index (κ1) is 16.7. The molecule has 4 rings (SSSR count). The highest BCUT2D eigenvalue weighted by molar-refractivity contribution is 4.98. The molecule has 0 heteroatoms. The fraction of sp³-hybridized carbons (Fsp3) is 0.810. The monoisotopic (exact) mass is 286 g/mol. The summed E-state index contributed by atoms with van der Waals surface area (Å²) in [5, 5.41) is 0. The smallest absolute Gasteiger partial charge is 0.0352 e. The zero-order chi connectivity index (χ0) is 15.2. The molecule has 0 aromatic carbocycles. The quantitative estimate of drug-likeness (QED) is 0.374. The van der Waals surface area contributed by atoms with E-state index in [4.69, 9.17) is 0 Å². The molecule has 0 saturated heterocycles. The maximum absolute atomic E-state index is 4.00. The Morgan fingerprint density at radius 1 is 0.476 bits per heavy atom. The molecule has 4 aliphatic carbocycles. The Labute approximate surface area is 132 Å². The zero-order valence-corrected chi connectivity index (χ0v) is 13.8. The molecule has 0 spiro atoms. The molecule has 118 valence electrons. The van der Waals surface area contributed by atoms with E-state index in [1.807, 2.05) is 0 Å².